The van der Waals surface area contributed by atoms with Crippen LogP contribution in [0.15, 0.2) is 72.9 Å². The van der Waals surface area contributed by atoms with Crippen LogP contribution < -0.4 is 0 Å². The minimum atomic E-state index is -0.864. The molecule has 0 bridgehead atoms. The molecule has 2 atom stereocenters. The molecular formula is C22H32O4. The maximum absolute atomic E-state index is 10.3. The zero-order chi connectivity index (χ0) is 19.5. The Morgan fingerprint density at radius 1 is 0.846 bits per heavy atom. The van der Waals surface area contributed by atoms with Crippen LogP contribution in [0.25, 0.3) is 0 Å². The Hall–Kier alpha value is -2.17. The molecule has 26 heavy (non-hydrogen) atoms. The van der Waals surface area contributed by atoms with E-state index in [2.05, 4.69) is 0 Å². The lowest BCUT2D eigenvalue weighted by Crippen LogP contribution is -2.22. The van der Waals surface area contributed by atoms with Gasteiger partial charge >= 0.3 is 5.97 Å². The third-order valence-electron chi connectivity index (χ3n) is 3.35. The summed E-state index contributed by atoms with van der Waals surface area (Å²) in [7, 11) is 0. The van der Waals surface area contributed by atoms with Gasteiger partial charge in [-0.1, -0.05) is 79.8 Å². The Balaban J connectivity index is 3.85. The molecular weight excluding hydrogens is 328 g/mol. The van der Waals surface area contributed by atoms with E-state index in [0.29, 0.717) is 12.8 Å². The molecule has 0 spiro atoms. The van der Waals surface area contributed by atoms with Crippen molar-refractivity contribution in [2.75, 3.05) is 0 Å². The number of aliphatic carboxylic acids is 1. The summed E-state index contributed by atoms with van der Waals surface area (Å²) in [6, 6.07) is 0. The topological polar surface area (TPSA) is 77.8 Å². The molecule has 4 nitrogen and oxygen atoms in total. The van der Waals surface area contributed by atoms with Crippen molar-refractivity contribution in [2.45, 2.75) is 57.7 Å². The highest BCUT2D eigenvalue weighted by atomic mass is 16.4. The Morgan fingerprint density at radius 2 is 1.50 bits per heavy atom. The van der Waals surface area contributed by atoms with Crippen molar-refractivity contribution in [1.82, 2.24) is 0 Å². The van der Waals surface area contributed by atoms with Crippen LogP contribution in [0.5, 0.6) is 0 Å². The number of aliphatic hydroxyl groups is 2. The molecule has 0 aliphatic heterocycles. The Kier molecular flexibility index (Phi) is 16.2. The summed E-state index contributed by atoms with van der Waals surface area (Å²) in [5, 5.41) is 28.0. The van der Waals surface area contributed by atoms with Crippen LogP contribution in [0.2, 0.25) is 0 Å². The minimum absolute atomic E-state index is 0.176. The number of carbonyl (C=O) groups is 1. The average molecular weight is 360 g/mol. The van der Waals surface area contributed by atoms with E-state index in [0.717, 1.165) is 19.3 Å². The summed E-state index contributed by atoms with van der Waals surface area (Å²) in [5.74, 6) is -0.770. The van der Waals surface area contributed by atoms with Crippen LogP contribution in [0, 0.1) is 0 Å². The molecule has 0 aliphatic rings. The van der Waals surface area contributed by atoms with E-state index < -0.39 is 18.2 Å². The maximum Gasteiger partial charge on any atom is 0.303 e. The Bertz CT molecular complexity index is 524. The van der Waals surface area contributed by atoms with Crippen molar-refractivity contribution >= 4 is 5.97 Å². The first-order valence-corrected chi connectivity index (χ1v) is 9.10. The van der Waals surface area contributed by atoms with Crippen LogP contribution in [-0.2, 0) is 4.79 Å². The molecule has 0 aromatic rings. The van der Waals surface area contributed by atoms with E-state index in [1.165, 1.54) is 0 Å². The zero-order valence-corrected chi connectivity index (χ0v) is 15.6. The fourth-order valence-corrected chi connectivity index (χ4v) is 1.90. The van der Waals surface area contributed by atoms with Gasteiger partial charge in [0.1, 0.15) is 0 Å². The molecule has 1 unspecified atom stereocenters. The van der Waals surface area contributed by atoms with Gasteiger partial charge in [0.2, 0.25) is 0 Å². The number of aliphatic hydroxyl groups excluding tert-OH is 2. The third-order valence-corrected chi connectivity index (χ3v) is 3.35. The molecule has 3 N–H and O–H groups in total. The fourth-order valence-electron chi connectivity index (χ4n) is 1.90. The lowest BCUT2D eigenvalue weighted by atomic mass is 10.1. The highest BCUT2D eigenvalue weighted by Gasteiger charge is 2.10. The zero-order valence-electron chi connectivity index (χ0n) is 15.6. The summed E-state index contributed by atoms with van der Waals surface area (Å²) in [6.07, 6.45) is 24.8. The maximum atomic E-state index is 10.3. The van der Waals surface area contributed by atoms with Gasteiger partial charge in [-0.25, -0.2) is 0 Å². The molecule has 0 saturated heterocycles. The van der Waals surface area contributed by atoms with Gasteiger partial charge in [0.15, 0.2) is 0 Å². The fraction of sp³-hybridized carbons (Fsp3) is 0.409. The number of carboxylic acids is 1. The first-order chi connectivity index (χ1) is 12.6. The summed E-state index contributed by atoms with van der Waals surface area (Å²) in [4.78, 5) is 10.3. The van der Waals surface area contributed by atoms with Crippen LogP contribution in [-0.4, -0.2) is 33.5 Å². The van der Waals surface area contributed by atoms with Crippen molar-refractivity contribution in [3.05, 3.63) is 72.9 Å². The SMILES string of the molecule is CCC=CC[C@@H](O)C(O)C=CC=CC=CCC=CCC=CCCC(=O)O. The molecule has 4 heteroatoms. The molecule has 0 saturated carbocycles. The molecule has 0 aromatic heterocycles. The second kappa shape index (κ2) is 17.6. The van der Waals surface area contributed by atoms with Gasteiger partial charge in [-0.15, -0.1) is 0 Å². The Morgan fingerprint density at radius 3 is 2.19 bits per heavy atom. The summed E-state index contributed by atoms with van der Waals surface area (Å²) >= 11 is 0. The smallest absolute Gasteiger partial charge is 0.303 e. The number of allylic oxidation sites excluding steroid dienone is 10. The standard InChI is InChI=1S/C22H32O4/c1-2-3-14-17-20(23)21(24)18-15-12-10-8-6-4-5-7-9-11-13-16-19-22(25)26/h3,5-8,10-15,18,20-21,23-24H,2,4,9,16-17,19H2,1H3,(H,25,26)/t20-,21?/m1/s1. The van der Waals surface area contributed by atoms with Crippen LogP contribution in [0.4, 0.5) is 0 Å². The van der Waals surface area contributed by atoms with E-state index >= 15 is 0 Å². The number of hydrogen-bond donors (Lipinski definition) is 3. The Labute approximate surface area is 157 Å². The van der Waals surface area contributed by atoms with Crippen molar-refractivity contribution in [2.24, 2.45) is 0 Å². The van der Waals surface area contributed by atoms with E-state index in [-0.39, 0.29) is 6.42 Å². The highest BCUT2D eigenvalue weighted by Crippen LogP contribution is 2.02. The van der Waals surface area contributed by atoms with Gasteiger partial charge in [-0.05, 0) is 32.1 Å². The van der Waals surface area contributed by atoms with Crippen LogP contribution in [0.3, 0.4) is 0 Å². The van der Waals surface area contributed by atoms with Gasteiger partial charge < -0.3 is 15.3 Å². The van der Waals surface area contributed by atoms with Crippen molar-refractivity contribution < 1.29 is 20.1 Å². The quantitative estimate of drug-likeness (QED) is 0.315. The predicted octanol–water partition coefficient (Wildman–Crippen LogP) is 4.49. The number of hydrogen-bond acceptors (Lipinski definition) is 3. The van der Waals surface area contributed by atoms with Gasteiger partial charge in [0.25, 0.3) is 0 Å². The molecule has 0 aliphatic carbocycles. The van der Waals surface area contributed by atoms with Crippen LogP contribution in [0.1, 0.15) is 45.4 Å². The molecule has 0 heterocycles. The molecule has 0 fully saturated rings. The van der Waals surface area contributed by atoms with Crippen molar-refractivity contribution in [3.8, 4) is 0 Å². The molecule has 144 valence electrons. The third kappa shape index (κ3) is 16.7. The first kappa shape index (κ1) is 23.8. The molecule has 0 amide bonds. The van der Waals surface area contributed by atoms with Crippen molar-refractivity contribution in [1.29, 1.82) is 0 Å². The van der Waals surface area contributed by atoms with E-state index in [1.807, 2.05) is 67.7 Å². The number of rotatable bonds is 14. The summed E-state index contributed by atoms with van der Waals surface area (Å²) < 4.78 is 0. The molecule has 0 radical (unpaired) electrons. The normalized spacial score (nSPS) is 15.5. The van der Waals surface area contributed by atoms with Crippen LogP contribution >= 0.6 is 0 Å². The summed E-state index contributed by atoms with van der Waals surface area (Å²) in [6.45, 7) is 2.02. The first-order valence-electron chi connectivity index (χ1n) is 9.10. The second-order valence-corrected chi connectivity index (χ2v) is 5.72. The van der Waals surface area contributed by atoms with Gasteiger partial charge in [-0.3, -0.25) is 4.79 Å². The van der Waals surface area contributed by atoms with Gasteiger partial charge in [0.05, 0.1) is 12.2 Å². The molecule has 0 rings (SSSR count). The monoisotopic (exact) mass is 360 g/mol. The summed E-state index contributed by atoms with van der Waals surface area (Å²) in [5.41, 5.74) is 0. The number of carboxylic acid groups (broad SMARTS) is 1. The average Bonchev–Trinajstić information content (AvgIpc) is 2.61. The second-order valence-electron chi connectivity index (χ2n) is 5.72. The lowest BCUT2D eigenvalue weighted by molar-refractivity contribution is -0.136. The molecule has 0 aromatic carbocycles. The van der Waals surface area contributed by atoms with Gasteiger partial charge in [0, 0.05) is 6.42 Å². The van der Waals surface area contributed by atoms with E-state index in [4.69, 9.17) is 5.11 Å². The van der Waals surface area contributed by atoms with E-state index in [9.17, 15) is 15.0 Å². The minimum Gasteiger partial charge on any atom is -0.481 e. The highest BCUT2D eigenvalue weighted by molar-refractivity contribution is 5.66. The van der Waals surface area contributed by atoms with E-state index in [1.54, 1.807) is 12.2 Å². The lowest BCUT2D eigenvalue weighted by Gasteiger charge is -2.11. The van der Waals surface area contributed by atoms with Crippen molar-refractivity contribution in [3.63, 3.8) is 0 Å². The van der Waals surface area contributed by atoms with Gasteiger partial charge in [-0.2, -0.15) is 0 Å². The largest absolute Gasteiger partial charge is 0.481 e. The predicted molar refractivity (Wildman–Crippen MR) is 108 cm³/mol.